The number of rotatable bonds is 6. The number of nitrogens with zero attached hydrogens (tertiary/aromatic N) is 1. The van der Waals surface area contributed by atoms with Crippen molar-refractivity contribution in [2.75, 3.05) is 18.1 Å². The van der Waals surface area contributed by atoms with Gasteiger partial charge >= 0.3 is 6.09 Å². The fraction of sp³-hybridized carbons (Fsp3) is 0.500. The van der Waals surface area contributed by atoms with Crippen molar-refractivity contribution in [2.45, 2.75) is 46.8 Å². The fourth-order valence-electron chi connectivity index (χ4n) is 2.01. The van der Waals surface area contributed by atoms with Crippen LogP contribution in [0.5, 0.6) is 0 Å². The molecule has 0 saturated carbocycles. The Morgan fingerprint density at radius 2 is 2.04 bits per heavy atom. The SMILES string of the molecule is C=C(Nc1cccc(CN(C)C(=O)OC(C)(C)C)c1C)SCC. The second-order valence-electron chi connectivity index (χ2n) is 6.41. The first-order valence-electron chi connectivity index (χ1n) is 7.75. The number of benzene rings is 1. The Morgan fingerprint density at radius 1 is 1.39 bits per heavy atom. The topological polar surface area (TPSA) is 41.6 Å². The van der Waals surface area contributed by atoms with E-state index in [9.17, 15) is 4.79 Å². The zero-order valence-electron chi connectivity index (χ0n) is 15.0. The standard InChI is InChI=1S/C18H28N2O2S/c1-8-23-14(3)19-16-11-9-10-15(13(16)2)12-20(7)17(21)22-18(4,5)6/h9-11,19H,3,8,12H2,1-2,4-7H3. The summed E-state index contributed by atoms with van der Waals surface area (Å²) in [6.45, 7) is 14.3. The first-order chi connectivity index (χ1) is 10.6. The Morgan fingerprint density at radius 3 is 2.61 bits per heavy atom. The van der Waals surface area contributed by atoms with E-state index in [0.29, 0.717) is 6.54 Å². The van der Waals surface area contributed by atoms with Crippen molar-refractivity contribution in [2.24, 2.45) is 0 Å². The lowest BCUT2D eigenvalue weighted by molar-refractivity contribution is 0.0285. The number of amides is 1. The maximum absolute atomic E-state index is 12.1. The molecule has 1 aromatic rings. The lowest BCUT2D eigenvalue weighted by Crippen LogP contribution is -2.34. The number of nitrogens with one attached hydrogen (secondary N) is 1. The monoisotopic (exact) mass is 336 g/mol. The van der Waals surface area contributed by atoms with Gasteiger partial charge < -0.3 is 15.0 Å². The van der Waals surface area contributed by atoms with Crippen LogP contribution in [0.4, 0.5) is 10.5 Å². The van der Waals surface area contributed by atoms with E-state index >= 15 is 0 Å². The molecular formula is C18H28N2O2S. The minimum absolute atomic E-state index is 0.318. The summed E-state index contributed by atoms with van der Waals surface area (Å²) in [6.07, 6.45) is -0.318. The van der Waals surface area contributed by atoms with Gasteiger partial charge in [0.1, 0.15) is 5.60 Å². The average Bonchev–Trinajstić information content (AvgIpc) is 2.41. The Balaban J connectivity index is 2.81. The van der Waals surface area contributed by atoms with Gasteiger partial charge in [0.2, 0.25) is 0 Å². The Kier molecular flexibility index (Phi) is 7.01. The maximum atomic E-state index is 12.1. The summed E-state index contributed by atoms with van der Waals surface area (Å²) in [5.74, 6) is 0.978. The van der Waals surface area contributed by atoms with E-state index in [4.69, 9.17) is 4.74 Å². The van der Waals surface area contributed by atoms with Crippen LogP contribution in [0.1, 0.15) is 38.8 Å². The molecule has 0 fully saturated rings. The number of hydrogen-bond acceptors (Lipinski definition) is 4. The number of ether oxygens (including phenoxy) is 1. The zero-order valence-corrected chi connectivity index (χ0v) is 15.8. The second kappa shape index (κ2) is 8.29. The molecule has 4 nitrogen and oxygen atoms in total. The molecule has 1 rings (SSSR count). The van der Waals surface area contributed by atoms with Crippen LogP contribution < -0.4 is 5.32 Å². The number of carbonyl (C=O) groups is 1. The van der Waals surface area contributed by atoms with Crippen LogP contribution in [0.25, 0.3) is 0 Å². The molecule has 0 aliphatic rings. The lowest BCUT2D eigenvalue weighted by Gasteiger charge is -2.25. The summed E-state index contributed by atoms with van der Waals surface area (Å²) in [5.41, 5.74) is 2.73. The number of thioether (sulfide) groups is 1. The van der Waals surface area contributed by atoms with Crippen LogP contribution in [0.2, 0.25) is 0 Å². The van der Waals surface area contributed by atoms with Crippen molar-refractivity contribution in [1.82, 2.24) is 4.90 Å². The van der Waals surface area contributed by atoms with Gasteiger partial charge in [0.25, 0.3) is 0 Å². The van der Waals surface area contributed by atoms with E-state index in [-0.39, 0.29) is 6.09 Å². The van der Waals surface area contributed by atoms with E-state index in [1.165, 1.54) is 0 Å². The van der Waals surface area contributed by atoms with Crippen molar-refractivity contribution >= 4 is 23.5 Å². The lowest BCUT2D eigenvalue weighted by atomic mass is 10.1. The van der Waals surface area contributed by atoms with Crippen molar-refractivity contribution in [1.29, 1.82) is 0 Å². The minimum atomic E-state index is -0.487. The van der Waals surface area contributed by atoms with E-state index in [1.54, 1.807) is 23.7 Å². The van der Waals surface area contributed by atoms with Gasteiger partial charge in [-0.05, 0) is 50.6 Å². The van der Waals surface area contributed by atoms with Crippen molar-refractivity contribution in [3.8, 4) is 0 Å². The van der Waals surface area contributed by atoms with E-state index < -0.39 is 5.60 Å². The van der Waals surface area contributed by atoms with Gasteiger partial charge in [0.15, 0.2) is 0 Å². The summed E-state index contributed by atoms with van der Waals surface area (Å²) in [4.78, 5) is 13.7. The molecule has 5 heteroatoms. The summed E-state index contributed by atoms with van der Waals surface area (Å²) in [6, 6.07) is 6.03. The summed E-state index contributed by atoms with van der Waals surface area (Å²) in [7, 11) is 1.75. The summed E-state index contributed by atoms with van der Waals surface area (Å²) < 4.78 is 5.39. The van der Waals surface area contributed by atoms with Crippen molar-refractivity contribution in [3.63, 3.8) is 0 Å². The number of carbonyl (C=O) groups excluding carboxylic acids is 1. The smallest absolute Gasteiger partial charge is 0.410 e. The normalized spacial score (nSPS) is 11.0. The van der Waals surface area contributed by atoms with Crippen LogP contribution in [0, 0.1) is 6.92 Å². The molecule has 0 saturated heterocycles. The minimum Gasteiger partial charge on any atom is -0.444 e. The van der Waals surface area contributed by atoms with Gasteiger partial charge in [-0.2, -0.15) is 0 Å². The van der Waals surface area contributed by atoms with Crippen molar-refractivity contribution < 1.29 is 9.53 Å². The van der Waals surface area contributed by atoms with Gasteiger partial charge in [0.05, 0.1) is 5.03 Å². The number of anilines is 1. The highest BCUT2D eigenvalue weighted by atomic mass is 32.2. The molecule has 0 unspecified atom stereocenters. The van der Waals surface area contributed by atoms with Gasteiger partial charge in [-0.15, -0.1) is 11.8 Å². The molecule has 0 atom stereocenters. The fourth-order valence-corrected chi connectivity index (χ4v) is 2.54. The Bertz CT molecular complexity index is 565. The molecule has 1 aromatic carbocycles. The molecule has 23 heavy (non-hydrogen) atoms. The maximum Gasteiger partial charge on any atom is 0.410 e. The molecule has 0 aromatic heterocycles. The third-order valence-corrected chi connectivity index (χ3v) is 3.89. The highest BCUT2D eigenvalue weighted by Crippen LogP contribution is 2.24. The van der Waals surface area contributed by atoms with Gasteiger partial charge in [-0.3, -0.25) is 0 Å². The molecule has 128 valence electrons. The van der Waals surface area contributed by atoms with Crippen LogP contribution in [-0.2, 0) is 11.3 Å². The van der Waals surface area contributed by atoms with Gasteiger partial charge in [-0.25, -0.2) is 4.79 Å². The molecule has 1 N–H and O–H groups in total. The summed E-state index contributed by atoms with van der Waals surface area (Å²) in [5, 5.41) is 4.25. The quantitative estimate of drug-likeness (QED) is 0.794. The molecule has 0 spiro atoms. The predicted octanol–water partition coefficient (Wildman–Crippen LogP) is 5.00. The molecule has 1 amide bonds. The summed E-state index contributed by atoms with van der Waals surface area (Å²) >= 11 is 1.68. The molecule has 0 heterocycles. The Hall–Kier alpha value is -1.62. The van der Waals surface area contributed by atoms with Crippen molar-refractivity contribution in [3.05, 3.63) is 40.9 Å². The van der Waals surface area contributed by atoms with Crippen LogP contribution >= 0.6 is 11.8 Å². The number of hydrogen-bond donors (Lipinski definition) is 1. The average molecular weight is 337 g/mol. The molecular weight excluding hydrogens is 308 g/mol. The first-order valence-corrected chi connectivity index (χ1v) is 8.74. The van der Waals surface area contributed by atoms with Gasteiger partial charge in [0, 0.05) is 19.3 Å². The van der Waals surface area contributed by atoms with E-state index in [1.807, 2.05) is 45.9 Å². The third kappa shape index (κ3) is 6.57. The van der Waals surface area contributed by atoms with Gasteiger partial charge in [-0.1, -0.05) is 25.6 Å². The van der Waals surface area contributed by atoms with Crippen LogP contribution in [-0.4, -0.2) is 29.4 Å². The largest absolute Gasteiger partial charge is 0.444 e. The molecule has 0 aliphatic heterocycles. The molecule has 0 radical (unpaired) electrons. The van der Waals surface area contributed by atoms with Crippen LogP contribution in [0.15, 0.2) is 29.8 Å². The van der Waals surface area contributed by atoms with Crippen LogP contribution in [0.3, 0.4) is 0 Å². The Labute approximate surface area is 144 Å². The predicted molar refractivity (Wildman–Crippen MR) is 99.8 cm³/mol. The highest BCUT2D eigenvalue weighted by Gasteiger charge is 2.20. The first kappa shape index (κ1) is 19.4. The van der Waals surface area contributed by atoms with E-state index in [2.05, 4.69) is 18.8 Å². The van der Waals surface area contributed by atoms with E-state index in [0.717, 1.165) is 27.6 Å². The second-order valence-corrected chi connectivity index (χ2v) is 7.77. The third-order valence-electron chi connectivity index (χ3n) is 3.15. The molecule has 0 bridgehead atoms. The molecule has 0 aliphatic carbocycles. The highest BCUT2D eigenvalue weighted by molar-refractivity contribution is 8.03. The zero-order chi connectivity index (χ0) is 17.6.